The SMILES string of the molecule is Cc1ccc2c(c1)C(NC(C)Cc1ccc(Cl)cc1)CC2. The van der Waals surface area contributed by atoms with Crippen molar-refractivity contribution in [2.45, 2.75) is 45.2 Å². The summed E-state index contributed by atoms with van der Waals surface area (Å²) in [6, 6.07) is 16.0. The molecule has 0 amide bonds. The zero-order valence-electron chi connectivity index (χ0n) is 12.7. The summed E-state index contributed by atoms with van der Waals surface area (Å²) in [4.78, 5) is 0. The number of hydrogen-bond donors (Lipinski definition) is 1. The Kier molecular flexibility index (Phi) is 4.32. The number of rotatable bonds is 4. The molecule has 0 bridgehead atoms. The predicted molar refractivity (Wildman–Crippen MR) is 90.0 cm³/mol. The molecule has 1 nitrogen and oxygen atoms in total. The first-order valence-electron chi connectivity index (χ1n) is 7.72. The summed E-state index contributed by atoms with van der Waals surface area (Å²) in [7, 11) is 0. The van der Waals surface area contributed by atoms with Crippen LogP contribution in [0.1, 0.15) is 41.6 Å². The smallest absolute Gasteiger partial charge is 0.0406 e. The zero-order chi connectivity index (χ0) is 14.8. The van der Waals surface area contributed by atoms with Gasteiger partial charge in [0.15, 0.2) is 0 Å². The molecule has 1 N–H and O–H groups in total. The van der Waals surface area contributed by atoms with E-state index in [0.717, 1.165) is 11.4 Å². The van der Waals surface area contributed by atoms with Crippen molar-refractivity contribution in [2.75, 3.05) is 0 Å². The molecule has 1 aliphatic rings. The van der Waals surface area contributed by atoms with Gasteiger partial charge in [-0.15, -0.1) is 0 Å². The van der Waals surface area contributed by atoms with Crippen molar-refractivity contribution in [2.24, 2.45) is 0 Å². The third-order valence-electron chi connectivity index (χ3n) is 4.32. The monoisotopic (exact) mass is 299 g/mol. The number of fused-ring (bicyclic) bond motifs is 1. The van der Waals surface area contributed by atoms with Crippen LogP contribution in [0.3, 0.4) is 0 Å². The van der Waals surface area contributed by atoms with Gasteiger partial charge in [-0.2, -0.15) is 0 Å². The number of aryl methyl sites for hydroxylation is 2. The van der Waals surface area contributed by atoms with Gasteiger partial charge < -0.3 is 5.32 Å². The first-order valence-corrected chi connectivity index (χ1v) is 8.09. The van der Waals surface area contributed by atoms with E-state index in [1.165, 1.54) is 35.1 Å². The Hall–Kier alpha value is -1.31. The summed E-state index contributed by atoms with van der Waals surface area (Å²) in [5, 5.41) is 4.60. The summed E-state index contributed by atoms with van der Waals surface area (Å²) < 4.78 is 0. The van der Waals surface area contributed by atoms with Crippen LogP contribution in [0.25, 0.3) is 0 Å². The minimum atomic E-state index is 0.461. The van der Waals surface area contributed by atoms with Crippen LogP contribution in [0.15, 0.2) is 42.5 Å². The second-order valence-electron chi connectivity index (χ2n) is 6.19. The van der Waals surface area contributed by atoms with Gasteiger partial charge in [0.1, 0.15) is 0 Å². The van der Waals surface area contributed by atoms with Crippen molar-refractivity contribution in [1.82, 2.24) is 5.32 Å². The maximum atomic E-state index is 5.94. The van der Waals surface area contributed by atoms with E-state index in [9.17, 15) is 0 Å². The lowest BCUT2D eigenvalue weighted by molar-refractivity contribution is 0.451. The molecule has 2 aromatic carbocycles. The lowest BCUT2D eigenvalue weighted by Gasteiger charge is -2.21. The molecule has 2 aromatic rings. The predicted octanol–water partition coefficient (Wildman–Crippen LogP) is 4.86. The van der Waals surface area contributed by atoms with Gasteiger partial charge in [-0.3, -0.25) is 0 Å². The van der Waals surface area contributed by atoms with Gasteiger partial charge in [0.2, 0.25) is 0 Å². The second kappa shape index (κ2) is 6.21. The molecule has 0 aromatic heterocycles. The van der Waals surface area contributed by atoms with E-state index >= 15 is 0 Å². The van der Waals surface area contributed by atoms with Crippen LogP contribution >= 0.6 is 11.6 Å². The highest BCUT2D eigenvalue weighted by atomic mass is 35.5. The molecule has 0 saturated carbocycles. The number of halogens is 1. The van der Waals surface area contributed by atoms with Gasteiger partial charge in [0, 0.05) is 17.1 Å². The van der Waals surface area contributed by atoms with Crippen molar-refractivity contribution in [3.05, 3.63) is 69.7 Å². The molecule has 0 radical (unpaired) electrons. The molecule has 0 saturated heterocycles. The minimum Gasteiger partial charge on any atom is -0.307 e. The summed E-state index contributed by atoms with van der Waals surface area (Å²) in [6.07, 6.45) is 3.44. The normalized spacial score (nSPS) is 18.5. The van der Waals surface area contributed by atoms with Gasteiger partial charge in [0.05, 0.1) is 0 Å². The topological polar surface area (TPSA) is 12.0 Å². The number of nitrogens with one attached hydrogen (secondary N) is 1. The standard InChI is InChI=1S/C19H22ClN/c1-13-3-6-16-7-10-19(18(16)11-13)21-14(2)12-15-4-8-17(20)9-5-15/h3-6,8-9,11,14,19,21H,7,10,12H2,1-2H3. The summed E-state index contributed by atoms with van der Waals surface area (Å²) in [5.41, 5.74) is 5.70. The molecule has 0 fully saturated rings. The molecule has 2 heteroatoms. The molecule has 3 rings (SSSR count). The van der Waals surface area contributed by atoms with Crippen LogP contribution in [0.5, 0.6) is 0 Å². The van der Waals surface area contributed by atoms with E-state index in [0.29, 0.717) is 12.1 Å². The van der Waals surface area contributed by atoms with Crippen molar-refractivity contribution < 1.29 is 0 Å². The van der Waals surface area contributed by atoms with Crippen LogP contribution in [-0.2, 0) is 12.8 Å². The average molecular weight is 300 g/mol. The van der Waals surface area contributed by atoms with Crippen LogP contribution in [0, 0.1) is 6.92 Å². The first-order chi connectivity index (χ1) is 10.1. The quantitative estimate of drug-likeness (QED) is 0.850. The summed E-state index contributed by atoms with van der Waals surface area (Å²) in [5.74, 6) is 0. The zero-order valence-corrected chi connectivity index (χ0v) is 13.5. The van der Waals surface area contributed by atoms with Crippen molar-refractivity contribution in [3.63, 3.8) is 0 Å². The Labute approximate surface area is 132 Å². The maximum absolute atomic E-state index is 5.94. The Balaban J connectivity index is 1.65. The van der Waals surface area contributed by atoms with Crippen molar-refractivity contribution in [3.8, 4) is 0 Å². The van der Waals surface area contributed by atoms with Crippen LogP contribution in [0.2, 0.25) is 5.02 Å². The minimum absolute atomic E-state index is 0.461. The Bertz CT molecular complexity index is 618. The molecule has 1 aliphatic carbocycles. The molecule has 0 spiro atoms. The van der Waals surface area contributed by atoms with Gasteiger partial charge in [-0.25, -0.2) is 0 Å². The molecule has 0 heterocycles. The highest BCUT2D eigenvalue weighted by molar-refractivity contribution is 6.30. The molecular weight excluding hydrogens is 278 g/mol. The molecular formula is C19H22ClN. The van der Waals surface area contributed by atoms with E-state index in [4.69, 9.17) is 11.6 Å². The highest BCUT2D eigenvalue weighted by Gasteiger charge is 2.23. The van der Waals surface area contributed by atoms with E-state index in [1.54, 1.807) is 0 Å². The van der Waals surface area contributed by atoms with E-state index in [2.05, 4.69) is 49.5 Å². The number of hydrogen-bond acceptors (Lipinski definition) is 1. The van der Waals surface area contributed by atoms with Gasteiger partial charge >= 0.3 is 0 Å². The fourth-order valence-electron chi connectivity index (χ4n) is 3.27. The summed E-state index contributed by atoms with van der Waals surface area (Å²) in [6.45, 7) is 4.44. The average Bonchev–Trinajstić information content (AvgIpc) is 2.84. The lowest BCUT2D eigenvalue weighted by atomic mass is 10.0. The highest BCUT2D eigenvalue weighted by Crippen LogP contribution is 2.32. The molecule has 110 valence electrons. The second-order valence-corrected chi connectivity index (χ2v) is 6.63. The van der Waals surface area contributed by atoms with Crippen LogP contribution in [0.4, 0.5) is 0 Å². The van der Waals surface area contributed by atoms with Gasteiger partial charge in [-0.1, -0.05) is 47.5 Å². The largest absolute Gasteiger partial charge is 0.307 e. The molecule has 0 aliphatic heterocycles. The molecule has 2 atom stereocenters. The van der Waals surface area contributed by atoms with E-state index < -0.39 is 0 Å². The fraction of sp³-hybridized carbons (Fsp3) is 0.368. The van der Waals surface area contributed by atoms with Crippen LogP contribution in [-0.4, -0.2) is 6.04 Å². The van der Waals surface area contributed by atoms with Crippen molar-refractivity contribution >= 4 is 11.6 Å². The molecule has 2 unspecified atom stereocenters. The van der Waals surface area contributed by atoms with Crippen molar-refractivity contribution in [1.29, 1.82) is 0 Å². The fourth-order valence-corrected chi connectivity index (χ4v) is 3.40. The molecule has 21 heavy (non-hydrogen) atoms. The Morgan fingerprint density at radius 3 is 2.71 bits per heavy atom. The van der Waals surface area contributed by atoms with E-state index in [-0.39, 0.29) is 0 Å². The van der Waals surface area contributed by atoms with Gasteiger partial charge in [-0.05, 0) is 61.9 Å². The summed E-state index contributed by atoms with van der Waals surface area (Å²) >= 11 is 5.94. The Morgan fingerprint density at radius 2 is 1.95 bits per heavy atom. The first kappa shape index (κ1) is 14.6. The Morgan fingerprint density at radius 1 is 1.19 bits per heavy atom. The third kappa shape index (κ3) is 3.48. The van der Waals surface area contributed by atoms with E-state index in [1.807, 2.05) is 12.1 Å². The lowest BCUT2D eigenvalue weighted by Crippen LogP contribution is -2.31. The maximum Gasteiger partial charge on any atom is 0.0406 e. The van der Waals surface area contributed by atoms with Crippen LogP contribution < -0.4 is 5.32 Å². The van der Waals surface area contributed by atoms with Gasteiger partial charge in [0.25, 0.3) is 0 Å². The third-order valence-corrected chi connectivity index (χ3v) is 4.57. The number of benzene rings is 2.